The van der Waals surface area contributed by atoms with Crippen molar-refractivity contribution < 1.29 is 9.53 Å². The van der Waals surface area contributed by atoms with E-state index < -0.39 is 11.5 Å². The van der Waals surface area contributed by atoms with E-state index in [4.69, 9.17) is 16.3 Å². The van der Waals surface area contributed by atoms with E-state index in [1.807, 2.05) is 6.07 Å². The predicted molar refractivity (Wildman–Crippen MR) is 84.7 cm³/mol. The fourth-order valence-electron chi connectivity index (χ4n) is 2.37. The Bertz CT molecular complexity index is 1030. The van der Waals surface area contributed by atoms with Crippen LogP contribution in [0, 0.1) is 11.3 Å². The molecule has 2 heterocycles. The number of carbonyl (C=O) groups excluding carboxylic acids is 1. The van der Waals surface area contributed by atoms with E-state index in [1.54, 1.807) is 31.2 Å². The van der Waals surface area contributed by atoms with Gasteiger partial charge in [0.15, 0.2) is 5.65 Å². The van der Waals surface area contributed by atoms with Crippen LogP contribution in [0.25, 0.3) is 16.8 Å². The van der Waals surface area contributed by atoms with Gasteiger partial charge in [0.2, 0.25) is 0 Å². The molecule has 0 aliphatic carbocycles. The quantitative estimate of drug-likeness (QED) is 0.725. The number of hydrogen-bond acceptors (Lipinski definition) is 6. The Morgan fingerprint density at radius 2 is 2.12 bits per heavy atom. The first-order valence-electron chi connectivity index (χ1n) is 6.91. The van der Waals surface area contributed by atoms with Gasteiger partial charge in [0.1, 0.15) is 17.2 Å². The smallest absolute Gasteiger partial charge is 0.344 e. The number of aromatic amines is 1. The van der Waals surface area contributed by atoms with Crippen LogP contribution in [0.15, 0.2) is 29.1 Å². The van der Waals surface area contributed by atoms with Crippen molar-refractivity contribution >= 4 is 23.2 Å². The average molecular weight is 344 g/mol. The molecule has 120 valence electrons. The average Bonchev–Trinajstić information content (AvgIpc) is 3.05. The van der Waals surface area contributed by atoms with Crippen LogP contribution in [0.4, 0.5) is 0 Å². The Morgan fingerprint density at radius 3 is 2.75 bits per heavy atom. The standard InChI is InChI=1S/C15H10ClN5O3/c1-2-24-15(23)12-11(8-3-5-9(16)6-4-8)10(7-17)13-18-19-20-21(13)14(12)22/h3-6H,2H2,1H3,(H,18,20). The number of nitrogens with one attached hydrogen (secondary N) is 1. The molecular weight excluding hydrogens is 334 g/mol. The van der Waals surface area contributed by atoms with Crippen molar-refractivity contribution in [1.29, 1.82) is 5.26 Å². The molecule has 9 heteroatoms. The molecule has 0 unspecified atom stereocenters. The van der Waals surface area contributed by atoms with Crippen LogP contribution in [0.3, 0.4) is 0 Å². The number of rotatable bonds is 3. The van der Waals surface area contributed by atoms with Crippen molar-refractivity contribution in [2.24, 2.45) is 0 Å². The summed E-state index contributed by atoms with van der Waals surface area (Å²) in [6, 6.07) is 8.39. The largest absolute Gasteiger partial charge is 0.462 e. The van der Waals surface area contributed by atoms with Crippen molar-refractivity contribution in [2.45, 2.75) is 6.92 Å². The molecule has 0 saturated carbocycles. The number of pyridine rings is 1. The molecule has 3 aromatic rings. The third kappa shape index (κ3) is 2.41. The van der Waals surface area contributed by atoms with Gasteiger partial charge in [-0.1, -0.05) is 28.9 Å². The second-order valence-corrected chi connectivity index (χ2v) is 5.16. The summed E-state index contributed by atoms with van der Waals surface area (Å²) in [6.07, 6.45) is 0. The number of fused-ring (bicyclic) bond motifs is 1. The lowest BCUT2D eigenvalue weighted by atomic mass is 9.96. The zero-order chi connectivity index (χ0) is 17.3. The Labute approximate surface area is 140 Å². The lowest BCUT2D eigenvalue weighted by molar-refractivity contribution is 0.0525. The molecule has 0 amide bonds. The summed E-state index contributed by atoms with van der Waals surface area (Å²) in [5.41, 5.74) is -0.279. The van der Waals surface area contributed by atoms with E-state index in [0.717, 1.165) is 4.52 Å². The molecule has 0 spiro atoms. The van der Waals surface area contributed by atoms with Crippen molar-refractivity contribution in [1.82, 2.24) is 20.0 Å². The maximum atomic E-state index is 12.7. The van der Waals surface area contributed by atoms with Gasteiger partial charge in [-0.15, -0.1) is 5.10 Å². The lowest BCUT2D eigenvalue weighted by Gasteiger charge is -2.11. The highest BCUT2D eigenvalue weighted by molar-refractivity contribution is 6.30. The zero-order valence-electron chi connectivity index (χ0n) is 12.4. The number of carbonyl (C=O) groups is 1. The van der Waals surface area contributed by atoms with Gasteiger partial charge in [0.25, 0.3) is 5.56 Å². The van der Waals surface area contributed by atoms with Crippen molar-refractivity contribution in [2.75, 3.05) is 6.61 Å². The fraction of sp³-hybridized carbons (Fsp3) is 0.133. The third-order valence-electron chi connectivity index (χ3n) is 3.37. The van der Waals surface area contributed by atoms with E-state index in [9.17, 15) is 14.9 Å². The number of tetrazole rings is 1. The van der Waals surface area contributed by atoms with Crippen LogP contribution in [0.2, 0.25) is 5.02 Å². The topological polar surface area (TPSA) is 113 Å². The number of nitriles is 1. The van der Waals surface area contributed by atoms with Gasteiger partial charge in [-0.25, -0.2) is 4.79 Å². The van der Waals surface area contributed by atoms with Gasteiger partial charge in [-0.2, -0.15) is 15.0 Å². The minimum absolute atomic E-state index is 0.0282. The Hall–Kier alpha value is -3.18. The van der Waals surface area contributed by atoms with Gasteiger partial charge in [0.05, 0.1) is 6.61 Å². The number of ether oxygens (including phenoxy) is 1. The van der Waals surface area contributed by atoms with Crippen LogP contribution in [0.5, 0.6) is 0 Å². The second-order valence-electron chi connectivity index (χ2n) is 4.73. The second kappa shape index (κ2) is 6.14. The van der Waals surface area contributed by atoms with Gasteiger partial charge >= 0.3 is 5.97 Å². The summed E-state index contributed by atoms with van der Waals surface area (Å²) in [5.74, 6) is -0.826. The van der Waals surface area contributed by atoms with E-state index in [2.05, 4.69) is 15.5 Å². The monoisotopic (exact) mass is 343 g/mol. The maximum Gasteiger partial charge on any atom is 0.344 e. The first-order valence-corrected chi connectivity index (χ1v) is 7.29. The summed E-state index contributed by atoms with van der Waals surface area (Å²) in [6.45, 7) is 1.71. The van der Waals surface area contributed by atoms with Crippen molar-refractivity contribution in [3.05, 3.63) is 50.8 Å². The predicted octanol–water partition coefficient (Wildman–Crippen LogP) is 1.79. The summed E-state index contributed by atoms with van der Waals surface area (Å²) in [5, 5.41) is 19.7. The number of aromatic nitrogens is 4. The molecule has 0 aliphatic heterocycles. The Morgan fingerprint density at radius 1 is 1.42 bits per heavy atom. The first kappa shape index (κ1) is 15.7. The number of benzene rings is 1. The number of esters is 1. The van der Waals surface area contributed by atoms with Crippen LogP contribution >= 0.6 is 11.6 Å². The molecule has 1 aromatic carbocycles. The number of hydrogen-bond donors (Lipinski definition) is 1. The van der Waals surface area contributed by atoms with E-state index >= 15 is 0 Å². The number of H-pyrrole nitrogens is 1. The summed E-state index contributed by atoms with van der Waals surface area (Å²) >= 11 is 5.88. The van der Waals surface area contributed by atoms with E-state index in [-0.39, 0.29) is 28.9 Å². The minimum Gasteiger partial charge on any atom is -0.462 e. The highest BCUT2D eigenvalue weighted by Gasteiger charge is 2.26. The Balaban J connectivity index is 2.46. The molecule has 2 aromatic heterocycles. The van der Waals surface area contributed by atoms with Gasteiger partial charge in [-0.3, -0.25) is 4.79 Å². The van der Waals surface area contributed by atoms with Crippen LogP contribution in [0.1, 0.15) is 22.8 Å². The molecule has 0 saturated heterocycles. The Kier molecular flexibility index (Phi) is 4.02. The fourth-order valence-corrected chi connectivity index (χ4v) is 2.50. The maximum absolute atomic E-state index is 12.7. The molecule has 0 atom stereocenters. The molecule has 0 fully saturated rings. The van der Waals surface area contributed by atoms with Crippen molar-refractivity contribution in [3.63, 3.8) is 0 Å². The molecule has 1 N–H and O–H groups in total. The highest BCUT2D eigenvalue weighted by atomic mass is 35.5. The minimum atomic E-state index is -0.826. The van der Waals surface area contributed by atoms with E-state index in [0.29, 0.717) is 10.6 Å². The summed E-state index contributed by atoms with van der Waals surface area (Å²) < 4.78 is 5.91. The normalized spacial score (nSPS) is 10.5. The molecule has 0 radical (unpaired) electrons. The van der Waals surface area contributed by atoms with Crippen LogP contribution < -0.4 is 5.56 Å². The summed E-state index contributed by atoms with van der Waals surface area (Å²) in [4.78, 5) is 25.0. The van der Waals surface area contributed by atoms with Crippen molar-refractivity contribution in [3.8, 4) is 17.2 Å². The number of nitrogens with zero attached hydrogens (tertiary/aromatic N) is 4. The molecule has 0 bridgehead atoms. The van der Waals surface area contributed by atoms with Gasteiger partial charge in [-0.05, 0) is 24.6 Å². The van der Waals surface area contributed by atoms with E-state index in [1.165, 1.54) is 0 Å². The molecule has 24 heavy (non-hydrogen) atoms. The van der Waals surface area contributed by atoms with Gasteiger partial charge in [0, 0.05) is 10.6 Å². The lowest BCUT2D eigenvalue weighted by Crippen LogP contribution is -2.26. The summed E-state index contributed by atoms with van der Waals surface area (Å²) in [7, 11) is 0. The van der Waals surface area contributed by atoms with Crippen LogP contribution in [-0.2, 0) is 4.74 Å². The molecule has 0 aliphatic rings. The molecule has 3 rings (SSSR count). The molecular formula is C15H10ClN5O3. The third-order valence-corrected chi connectivity index (χ3v) is 3.62. The number of halogens is 1. The SMILES string of the molecule is CCOC(=O)c1c(-c2ccc(Cl)cc2)c(C#N)c2nn[nH]n2c1=O. The molecule has 8 nitrogen and oxygen atoms in total. The first-order chi connectivity index (χ1) is 11.6. The van der Waals surface area contributed by atoms with Crippen LogP contribution in [-0.4, -0.2) is 32.6 Å². The zero-order valence-corrected chi connectivity index (χ0v) is 13.2. The van der Waals surface area contributed by atoms with Gasteiger partial charge < -0.3 is 4.74 Å². The highest BCUT2D eigenvalue weighted by Crippen LogP contribution is 2.29.